The lowest BCUT2D eigenvalue weighted by molar-refractivity contribution is -0.121. The highest BCUT2D eigenvalue weighted by Crippen LogP contribution is 2.19. The van der Waals surface area contributed by atoms with E-state index in [1.807, 2.05) is 6.07 Å². The fraction of sp³-hybridized carbons (Fsp3) is 0.588. The maximum atomic E-state index is 11.9. The Bertz CT molecular complexity index is 401. The van der Waals surface area contributed by atoms with Crippen LogP contribution in [-0.2, 0) is 11.3 Å². The van der Waals surface area contributed by atoms with Crippen LogP contribution in [0.1, 0.15) is 51.0 Å². The lowest BCUT2D eigenvalue weighted by atomic mass is 10.1. The smallest absolute Gasteiger partial charge is 0.221 e. The lowest BCUT2D eigenvalue weighted by Crippen LogP contribution is -2.36. The van der Waals surface area contributed by atoms with E-state index >= 15 is 0 Å². The van der Waals surface area contributed by atoms with Gasteiger partial charge in [0.05, 0.1) is 0 Å². The molecule has 0 saturated heterocycles. The van der Waals surface area contributed by atoms with Crippen molar-refractivity contribution in [3.63, 3.8) is 0 Å². The molecule has 0 radical (unpaired) electrons. The van der Waals surface area contributed by atoms with Crippen molar-refractivity contribution in [3.8, 4) is 0 Å². The second-order valence-corrected chi connectivity index (χ2v) is 5.75. The number of rotatable bonds is 9. The molecule has 1 aromatic carbocycles. The van der Waals surface area contributed by atoms with Crippen LogP contribution in [0.3, 0.4) is 0 Å². The monoisotopic (exact) mass is 274 g/mol. The van der Waals surface area contributed by atoms with Gasteiger partial charge in [0, 0.05) is 25.0 Å². The molecular weight excluding hydrogens is 248 g/mol. The first kappa shape index (κ1) is 15.0. The summed E-state index contributed by atoms with van der Waals surface area (Å²) in [6.07, 6.45) is 6.33. The highest BCUT2D eigenvalue weighted by molar-refractivity contribution is 5.77. The largest absolute Gasteiger partial charge is 0.353 e. The Morgan fingerprint density at radius 1 is 1.30 bits per heavy atom. The zero-order valence-corrected chi connectivity index (χ0v) is 12.4. The molecular formula is C17H26N2O. The Labute approximate surface area is 122 Å². The Balaban J connectivity index is 1.77. The van der Waals surface area contributed by atoms with E-state index in [9.17, 15) is 4.79 Å². The number of hydrogen-bond donors (Lipinski definition) is 2. The van der Waals surface area contributed by atoms with Crippen molar-refractivity contribution >= 4 is 5.91 Å². The van der Waals surface area contributed by atoms with E-state index in [0.717, 1.165) is 25.8 Å². The summed E-state index contributed by atoms with van der Waals surface area (Å²) in [5, 5.41) is 6.61. The number of benzene rings is 1. The third kappa shape index (κ3) is 5.74. The molecule has 3 heteroatoms. The Morgan fingerprint density at radius 2 is 2.05 bits per heavy atom. The predicted octanol–water partition coefficient (Wildman–Crippen LogP) is 3.00. The number of unbranched alkanes of at least 4 members (excludes halogenated alkanes) is 1. The minimum absolute atomic E-state index is 0.203. The van der Waals surface area contributed by atoms with Crippen LogP contribution < -0.4 is 10.6 Å². The summed E-state index contributed by atoms with van der Waals surface area (Å²) in [5.74, 6) is 0.203. The molecule has 0 heterocycles. The van der Waals surface area contributed by atoms with Crippen molar-refractivity contribution in [2.24, 2.45) is 0 Å². The van der Waals surface area contributed by atoms with Gasteiger partial charge in [-0.2, -0.15) is 0 Å². The first-order valence-electron chi connectivity index (χ1n) is 7.84. The summed E-state index contributed by atoms with van der Waals surface area (Å²) < 4.78 is 0. The van der Waals surface area contributed by atoms with Crippen LogP contribution in [0.15, 0.2) is 30.3 Å². The van der Waals surface area contributed by atoms with Crippen molar-refractivity contribution in [2.75, 3.05) is 0 Å². The van der Waals surface area contributed by atoms with E-state index in [0.29, 0.717) is 12.5 Å². The van der Waals surface area contributed by atoms with Crippen molar-refractivity contribution in [1.29, 1.82) is 0 Å². The average Bonchev–Trinajstić information content (AvgIpc) is 3.26. The number of nitrogens with one attached hydrogen (secondary N) is 2. The molecule has 1 aromatic rings. The minimum Gasteiger partial charge on any atom is -0.353 e. The second-order valence-electron chi connectivity index (χ2n) is 5.75. The summed E-state index contributed by atoms with van der Waals surface area (Å²) in [5.41, 5.74) is 1.27. The normalized spacial score (nSPS) is 15.8. The summed E-state index contributed by atoms with van der Waals surface area (Å²) >= 11 is 0. The third-order valence-electron chi connectivity index (χ3n) is 3.72. The molecule has 0 aromatic heterocycles. The van der Waals surface area contributed by atoms with Crippen LogP contribution in [-0.4, -0.2) is 18.0 Å². The van der Waals surface area contributed by atoms with Crippen molar-refractivity contribution in [2.45, 2.75) is 64.1 Å². The van der Waals surface area contributed by atoms with Gasteiger partial charge >= 0.3 is 0 Å². The molecule has 1 fully saturated rings. The van der Waals surface area contributed by atoms with Crippen LogP contribution in [0.4, 0.5) is 0 Å². The first-order chi connectivity index (χ1) is 9.78. The molecule has 1 saturated carbocycles. The molecule has 3 nitrogen and oxygen atoms in total. The number of amides is 1. The van der Waals surface area contributed by atoms with E-state index in [4.69, 9.17) is 0 Å². The minimum atomic E-state index is 0.203. The van der Waals surface area contributed by atoms with Crippen LogP contribution in [0, 0.1) is 0 Å². The molecule has 0 spiro atoms. The summed E-state index contributed by atoms with van der Waals surface area (Å²) in [7, 11) is 0. The van der Waals surface area contributed by atoms with E-state index in [2.05, 4.69) is 41.8 Å². The van der Waals surface area contributed by atoms with Gasteiger partial charge in [0.2, 0.25) is 5.91 Å². The number of hydrogen-bond acceptors (Lipinski definition) is 2. The van der Waals surface area contributed by atoms with Crippen LogP contribution >= 0.6 is 0 Å². The third-order valence-corrected chi connectivity index (χ3v) is 3.72. The zero-order chi connectivity index (χ0) is 14.2. The van der Waals surface area contributed by atoms with Crippen LogP contribution in [0.2, 0.25) is 0 Å². The molecule has 20 heavy (non-hydrogen) atoms. The average molecular weight is 274 g/mol. The highest BCUT2D eigenvalue weighted by Gasteiger charge is 2.24. The van der Waals surface area contributed by atoms with Gasteiger partial charge in [-0.3, -0.25) is 4.79 Å². The van der Waals surface area contributed by atoms with Crippen LogP contribution in [0.5, 0.6) is 0 Å². The molecule has 2 N–H and O–H groups in total. The molecule has 110 valence electrons. The molecule has 0 unspecified atom stereocenters. The summed E-state index contributed by atoms with van der Waals surface area (Å²) in [4.78, 5) is 11.9. The number of carbonyl (C=O) groups excluding carboxylic acids is 1. The number of carbonyl (C=O) groups is 1. The topological polar surface area (TPSA) is 41.1 Å². The fourth-order valence-electron chi connectivity index (χ4n) is 2.32. The van der Waals surface area contributed by atoms with E-state index in [1.54, 1.807) is 0 Å². The maximum absolute atomic E-state index is 11.9. The van der Waals surface area contributed by atoms with Gasteiger partial charge in [0.1, 0.15) is 0 Å². The molecule has 1 amide bonds. The quantitative estimate of drug-likeness (QED) is 0.727. The molecule has 1 aliphatic rings. The van der Waals surface area contributed by atoms with Gasteiger partial charge in [-0.1, -0.05) is 50.1 Å². The van der Waals surface area contributed by atoms with E-state index < -0.39 is 0 Å². The van der Waals surface area contributed by atoms with Crippen molar-refractivity contribution < 1.29 is 4.79 Å². The Morgan fingerprint density at radius 3 is 2.70 bits per heavy atom. The molecule has 0 bridgehead atoms. The molecule has 1 aliphatic carbocycles. The van der Waals surface area contributed by atoms with Crippen molar-refractivity contribution in [1.82, 2.24) is 10.6 Å². The lowest BCUT2D eigenvalue weighted by Gasteiger charge is -2.18. The van der Waals surface area contributed by atoms with Gasteiger partial charge in [0.15, 0.2) is 0 Å². The fourth-order valence-corrected chi connectivity index (χ4v) is 2.32. The second kappa shape index (κ2) is 8.05. The van der Waals surface area contributed by atoms with Gasteiger partial charge in [0.25, 0.3) is 0 Å². The molecule has 1 atom stereocenters. The first-order valence-corrected chi connectivity index (χ1v) is 7.84. The van der Waals surface area contributed by atoms with Crippen LogP contribution in [0.25, 0.3) is 0 Å². The summed E-state index contributed by atoms with van der Waals surface area (Å²) in [6, 6.07) is 11.1. The predicted molar refractivity (Wildman–Crippen MR) is 82.4 cm³/mol. The van der Waals surface area contributed by atoms with Gasteiger partial charge in [-0.15, -0.1) is 0 Å². The standard InChI is InChI=1S/C17H26N2O/c1-2-3-9-16(12-17(20)19-15-10-11-15)18-13-14-7-5-4-6-8-14/h4-8,15-16,18H,2-3,9-13H2,1H3,(H,19,20)/t16-/m0/s1. The van der Waals surface area contributed by atoms with Gasteiger partial charge in [-0.25, -0.2) is 0 Å². The maximum Gasteiger partial charge on any atom is 0.221 e. The van der Waals surface area contributed by atoms with Crippen molar-refractivity contribution in [3.05, 3.63) is 35.9 Å². The molecule has 2 rings (SSSR count). The Kier molecular flexibility index (Phi) is 6.06. The zero-order valence-electron chi connectivity index (χ0n) is 12.4. The summed E-state index contributed by atoms with van der Waals surface area (Å²) in [6.45, 7) is 3.03. The van der Waals surface area contributed by atoms with E-state index in [1.165, 1.54) is 18.4 Å². The molecule has 0 aliphatic heterocycles. The highest BCUT2D eigenvalue weighted by atomic mass is 16.1. The van der Waals surface area contributed by atoms with Gasteiger partial charge in [-0.05, 0) is 24.8 Å². The SMILES string of the molecule is CCCC[C@@H](CC(=O)NC1CC1)NCc1ccccc1. The van der Waals surface area contributed by atoms with Gasteiger partial charge < -0.3 is 10.6 Å². The Hall–Kier alpha value is -1.35. The van der Waals surface area contributed by atoms with E-state index in [-0.39, 0.29) is 11.9 Å².